The molecule has 0 bridgehead atoms. The van der Waals surface area contributed by atoms with Crippen LogP contribution in [-0.2, 0) is 17.6 Å². The number of fused-ring (bicyclic) bond motifs is 1. The average Bonchev–Trinajstić information content (AvgIpc) is 2.88. The summed E-state index contributed by atoms with van der Waals surface area (Å²) in [5.74, 6) is -23.7. The van der Waals surface area contributed by atoms with Crippen molar-refractivity contribution in [1.82, 2.24) is 0 Å². The van der Waals surface area contributed by atoms with Crippen LogP contribution in [0.5, 0.6) is 0 Å². The van der Waals surface area contributed by atoms with E-state index in [1.54, 1.807) is 6.07 Å². The first-order chi connectivity index (χ1) is 13.2. The fraction of sp³-hybridized carbons (Fsp3) is 0.625. The molecule has 2 rings (SSSR count). The highest BCUT2D eigenvalue weighted by molar-refractivity contribution is 7.16. The van der Waals surface area contributed by atoms with Gasteiger partial charge in [0.2, 0.25) is 0 Å². The second kappa shape index (κ2) is 7.70. The Kier molecular flexibility index (Phi) is 6.19. The Bertz CT molecular complexity index is 824. The van der Waals surface area contributed by atoms with E-state index < -0.39 is 34.9 Å². The Hall–Kier alpha value is -1.97. The SMILES string of the molecule is N#Cc1c(NC(=O)C(F)(F)C(F)(F)C(F)(F)C(F)(F)F)sc2c1CCCCCC2. The van der Waals surface area contributed by atoms with Crippen LogP contribution in [0.3, 0.4) is 0 Å². The van der Waals surface area contributed by atoms with E-state index in [1.165, 1.54) is 5.32 Å². The Morgan fingerprint density at radius 3 is 1.97 bits per heavy atom. The number of hydrogen-bond acceptors (Lipinski definition) is 3. The molecule has 1 aliphatic carbocycles. The van der Waals surface area contributed by atoms with Gasteiger partial charge in [-0.15, -0.1) is 11.3 Å². The molecular weight excluding hydrogens is 439 g/mol. The molecule has 0 atom stereocenters. The number of nitriles is 1. The minimum absolute atomic E-state index is 0.290. The number of aryl methyl sites for hydroxylation is 1. The van der Waals surface area contributed by atoms with Crippen molar-refractivity contribution < 1.29 is 44.3 Å². The second-order valence-electron chi connectivity index (χ2n) is 6.41. The highest BCUT2D eigenvalue weighted by Gasteiger charge is 2.83. The normalized spacial score (nSPS) is 16.4. The molecule has 1 heterocycles. The van der Waals surface area contributed by atoms with E-state index in [1.807, 2.05) is 0 Å². The van der Waals surface area contributed by atoms with Crippen LogP contribution < -0.4 is 5.32 Å². The summed E-state index contributed by atoms with van der Waals surface area (Å²) < 4.78 is 117. The smallest absolute Gasteiger partial charge is 0.311 e. The van der Waals surface area contributed by atoms with Gasteiger partial charge >= 0.3 is 29.9 Å². The standard InChI is InChI=1S/C16H13F9N2OS/c17-13(18,14(19,20)15(21,22)16(23,24)25)12(28)27-11-9(7-26)8-5-3-1-2-4-6-10(8)29-11/h1-6H2,(H,27,28). The molecule has 162 valence electrons. The lowest BCUT2D eigenvalue weighted by molar-refractivity contribution is -0.388. The van der Waals surface area contributed by atoms with Crippen molar-refractivity contribution in [3.63, 3.8) is 0 Å². The number of carbonyl (C=O) groups is 1. The molecule has 1 amide bonds. The Labute approximate surface area is 162 Å². The van der Waals surface area contributed by atoms with Crippen LogP contribution in [0.25, 0.3) is 0 Å². The van der Waals surface area contributed by atoms with E-state index in [0.717, 1.165) is 12.8 Å². The Balaban J connectivity index is 2.38. The molecule has 1 N–H and O–H groups in total. The second-order valence-corrected chi connectivity index (χ2v) is 7.51. The summed E-state index contributed by atoms with van der Waals surface area (Å²) in [6.07, 6.45) is -3.27. The van der Waals surface area contributed by atoms with E-state index in [9.17, 15) is 49.6 Å². The van der Waals surface area contributed by atoms with Gasteiger partial charge in [0.15, 0.2) is 0 Å². The zero-order valence-corrected chi connectivity index (χ0v) is 15.2. The van der Waals surface area contributed by atoms with Crippen LogP contribution in [0, 0.1) is 11.3 Å². The number of halogens is 9. The summed E-state index contributed by atoms with van der Waals surface area (Å²) in [6, 6.07) is 1.64. The summed E-state index contributed by atoms with van der Waals surface area (Å²) in [7, 11) is 0. The van der Waals surface area contributed by atoms with Crippen molar-refractivity contribution in [2.24, 2.45) is 0 Å². The van der Waals surface area contributed by atoms with Crippen LogP contribution >= 0.6 is 11.3 Å². The van der Waals surface area contributed by atoms with E-state index in [2.05, 4.69) is 0 Å². The van der Waals surface area contributed by atoms with Crippen LogP contribution in [0.1, 0.15) is 41.7 Å². The van der Waals surface area contributed by atoms with Gasteiger partial charge in [-0.3, -0.25) is 4.79 Å². The van der Waals surface area contributed by atoms with Gasteiger partial charge in [0.05, 0.1) is 5.56 Å². The molecule has 13 heteroatoms. The highest BCUT2D eigenvalue weighted by Crippen LogP contribution is 2.53. The molecule has 0 unspecified atom stereocenters. The summed E-state index contributed by atoms with van der Waals surface area (Å²) >= 11 is 0.635. The largest absolute Gasteiger partial charge is 0.460 e. The van der Waals surface area contributed by atoms with E-state index in [0.29, 0.717) is 47.5 Å². The van der Waals surface area contributed by atoms with Gasteiger partial charge in [0, 0.05) is 4.88 Å². The summed E-state index contributed by atoms with van der Waals surface area (Å²) in [6.45, 7) is 0. The third kappa shape index (κ3) is 3.91. The third-order valence-corrected chi connectivity index (χ3v) is 5.65. The van der Waals surface area contributed by atoms with Crippen molar-refractivity contribution in [3.8, 4) is 6.07 Å². The maximum absolute atomic E-state index is 13.7. The molecule has 0 saturated heterocycles. The summed E-state index contributed by atoms with van der Waals surface area (Å²) in [4.78, 5) is 12.2. The monoisotopic (exact) mass is 452 g/mol. The van der Waals surface area contributed by atoms with Crippen molar-refractivity contribution in [3.05, 3.63) is 16.0 Å². The van der Waals surface area contributed by atoms with Crippen LogP contribution in [0.4, 0.5) is 44.5 Å². The number of alkyl halides is 9. The highest BCUT2D eigenvalue weighted by atomic mass is 32.1. The van der Waals surface area contributed by atoms with Gasteiger partial charge in [0.1, 0.15) is 11.1 Å². The van der Waals surface area contributed by atoms with Gasteiger partial charge in [-0.05, 0) is 31.2 Å². The van der Waals surface area contributed by atoms with E-state index >= 15 is 0 Å². The zero-order chi connectivity index (χ0) is 22.3. The number of amides is 1. The summed E-state index contributed by atoms with van der Waals surface area (Å²) in [5, 5.41) is 9.91. The molecule has 1 aromatic heterocycles. The number of thiophene rings is 1. The average molecular weight is 452 g/mol. The molecule has 29 heavy (non-hydrogen) atoms. The number of carbonyl (C=O) groups excluding carboxylic acids is 1. The first kappa shape index (κ1) is 23.3. The van der Waals surface area contributed by atoms with Gasteiger partial charge in [0.25, 0.3) is 0 Å². The van der Waals surface area contributed by atoms with Crippen molar-refractivity contribution >= 4 is 22.2 Å². The maximum Gasteiger partial charge on any atom is 0.460 e. The molecular formula is C16H13F9N2OS. The molecule has 3 nitrogen and oxygen atoms in total. The summed E-state index contributed by atoms with van der Waals surface area (Å²) in [5.41, 5.74) is 0.130. The fourth-order valence-corrected chi connectivity index (χ4v) is 4.06. The van der Waals surface area contributed by atoms with Gasteiger partial charge < -0.3 is 5.32 Å². The van der Waals surface area contributed by atoms with Crippen molar-refractivity contribution in [1.29, 1.82) is 5.26 Å². The lowest BCUT2D eigenvalue weighted by Crippen LogP contribution is -2.64. The van der Waals surface area contributed by atoms with E-state index in [4.69, 9.17) is 0 Å². The molecule has 0 spiro atoms. The zero-order valence-electron chi connectivity index (χ0n) is 14.4. The number of rotatable bonds is 4. The Morgan fingerprint density at radius 2 is 1.45 bits per heavy atom. The molecule has 0 aromatic carbocycles. The Morgan fingerprint density at radius 1 is 0.897 bits per heavy atom. The quantitative estimate of drug-likeness (QED) is 0.598. The number of nitrogens with zero attached hydrogens (tertiary/aromatic N) is 1. The van der Waals surface area contributed by atoms with Gasteiger partial charge in [-0.25, -0.2) is 0 Å². The van der Waals surface area contributed by atoms with Crippen LogP contribution in [0.2, 0.25) is 0 Å². The topological polar surface area (TPSA) is 52.9 Å². The van der Waals surface area contributed by atoms with Crippen molar-refractivity contribution in [2.45, 2.75) is 62.5 Å². The molecule has 0 fully saturated rings. The van der Waals surface area contributed by atoms with Gasteiger partial charge in [-0.2, -0.15) is 44.8 Å². The lowest BCUT2D eigenvalue weighted by Gasteiger charge is -2.32. The molecule has 0 radical (unpaired) electrons. The lowest BCUT2D eigenvalue weighted by atomic mass is 9.97. The first-order valence-electron chi connectivity index (χ1n) is 8.24. The fourth-order valence-electron chi connectivity index (χ4n) is 2.83. The van der Waals surface area contributed by atoms with Crippen molar-refractivity contribution in [2.75, 3.05) is 5.32 Å². The predicted octanol–water partition coefficient (Wildman–Crippen LogP) is 5.69. The third-order valence-electron chi connectivity index (χ3n) is 4.44. The molecule has 1 aromatic rings. The number of nitrogens with one attached hydrogen (secondary N) is 1. The number of anilines is 1. The predicted molar refractivity (Wildman–Crippen MR) is 84.4 cm³/mol. The van der Waals surface area contributed by atoms with E-state index in [-0.39, 0.29) is 5.56 Å². The molecule has 0 saturated carbocycles. The minimum atomic E-state index is -7.16. The molecule has 1 aliphatic rings. The van der Waals surface area contributed by atoms with Gasteiger partial charge in [-0.1, -0.05) is 12.8 Å². The van der Waals surface area contributed by atoms with Crippen LogP contribution in [0.15, 0.2) is 0 Å². The van der Waals surface area contributed by atoms with Crippen LogP contribution in [-0.4, -0.2) is 29.9 Å². The maximum atomic E-state index is 13.7. The molecule has 0 aliphatic heterocycles. The number of hydrogen-bond donors (Lipinski definition) is 1. The first-order valence-corrected chi connectivity index (χ1v) is 9.06. The minimum Gasteiger partial charge on any atom is -0.311 e.